The number of hydrogen-bond acceptors (Lipinski definition) is 3. The van der Waals surface area contributed by atoms with E-state index in [4.69, 9.17) is 16.3 Å². The van der Waals surface area contributed by atoms with E-state index in [-0.39, 0.29) is 5.56 Å². The maximum Gasteiger partial charge on any atom is 0.269 e. The SMILES string of the molecule is Cc1cc(OCc2ccc(C(=O)NNC(=O)c3ccc(F)cc3)cc2)ccc1Cl. The quantitative estimate of drug-likeness (QED) is 0.609. The molecule has 29 heavy (non-hydrogen) atoms. The van der Waals surface area contributed by atoms with Crippen molar-refractivity contribution in [1.29, 1.82) is 0 Å². The van der Waals surface area contributed by atoms with Gasteiger partial charge in [0.05, 0.1) is 0 Å². The number of benzene rings is 3. The summed E-state index contributed by atoms with van der Waals surface area (Å²) in [5.41, 5.74) is 7.03. The van der Waals surface area contributed by atoms with Crippen LogP contribution in [0.5, 0.6) is 5.75 Å². The van der Waals surface area contributed by atoms with Crippen molar-refractivity contribution in [2.24, 2.45) is 0 Å². The molecule has 0 saturated heterocycles. The first-order valence-corrected chi connectivity index (χ1v) is 9.14. The predicted octanol–water partition coefficient (Wildman–Crippen LogP) is 4.44. The molecule has 0 bridgehead atoms. The Morgan fingerprint density at radius 1 is 0.897 bits per heavy atom. The van der Waals surface area contributed by atoms with Crippen molar-refractivity contribution in [1.82, 2.24) is 10.9 Å². The molecule has 0 radical (unpaired) electrons. The van der Waals surface area contributed by atoms with Gasteiger partial charge in [-0.1, -0.05) is 23.7 Å². The molecule has 0 aliphatic carbocycles. The summed E-state index contributed by atoms with van der Waals surface area (Å²) in [7, 11) is 0. The maximum absolute atomic E-state index is 12.9. The molecule has 0 aliphatic heterocycles. The molecule has 3 rings (SSSR count). The number of halogens is 2. The Morgan fingerprint density at radius 3 is 2.00 bits per heavy atom. The molecule has 0 saturated carbocycles. The van der Waals surface area contributed by atoms with Crippen molar-refractivity contribution in [3.05, 3.63) is 99.8 Å². The van der Waals surface area contributed by atoms with Crippen molar-refractivity contribution >= 4 is 23.4 Å². The van der Waals surface area contributed by atoms with E-state index in [1.54, 1.807) is 36.4 Å². The maximum atomic E-state index is 12.9. The summed E-state index contributed by atoms with van der Waals surface area (Å²) in [5, 5.41) is 0.680. The molecular formula is C22H18ClFN2O3. The zero-order valence-corrected chi connectivity index (χ0v) is 16.3. The van der Waals surface area contributed by atoms with Gasteiger partial charge in [0.2, 0.25) is 0 Å². The van der Waals surface area contributed by atoms with E-state index in [0.29, 0.717) is 22.9 Å². The highest BCUT2D eigenvalue weighted by molar-refractivity contribution is 6.31. The fourth-order valence-corrected chi connectivity index (χ4v) is 2.60. The summed E-state index contributed by atoms with van der Waals surface area (Å²) < 4.78 is 18.6. The number of hydrogen-bond donors (Lipinski definition) is 2. The van der Waals surface area contributed by atoms with E-state index in [1.165, 1.54) is 24.3 Å². The van der Waals surface area contributed by atoms with E-state index in [1.807, 2.05) is 13.0 Å². The highest BCUT2D eigenvalue weighted by atomic mass is 35.5. The molecule has 0 atom stereocenters. The summed E-state index contributed by atoms with van der Waals surface area (Å²) in [6, 6.07) is 17.2. The van der Waals surface area contributed by atoms with Crippen LogP contribution in [0.4, 0.5) is 4.39 Å². The average molecular weight is 413 g/mol. The van der Waals surface area contributed by atoms with E-state index >= 15 is 0 Å². The summed E-state index contributed by atoms with van der Waals surface area (Å²) in [4.78, 5) is 24.1. The van der Waals surface area contributed by atoms with Gasteiger partial charge in [-0.25, -0.2) is 4.39 Å². The largest absolute Gasteiger partial charge is 0.489 e. The van der Waals surface area contributed by atoms with Crippen LogP contribution < -0.4 is 15.6 Å². The molecule has 0 unspecified atom stereocenters. The first-order valence-electron chi connectivity index (χ1n) is 8.76. The van der Waals surface area contributed by atoms with Crippen LogP contribution in [0.3, 0.4) is 0 Å². The van der Waals surface area contributed by atoms with Gasteiger partial charge in [-0.15, -0.1) is 0 Å². The Hall–Kier alpha value is -3.38. The van der Waals surface area contributed by atoms with Crippen LogP contribution in [0.25, 0.3) is 0 Å². The molecule has 7 heteroatoms. The number of nitrogens with one attached hydrogen (secondary N) is 2. The zero-order chi connectivity index (χ0) is 20.8. The molecule has 2 N–H and O–H groups in total. The number of carbonyl (C=O) groups excluding carboxylic acids is 2. The lowest BCUT2D eigenvalue weighted by Gasteiger charge is -2.09. The van der Waals surface area contributed by atoms with Crippen LogP contribution in [0.1, 0.15) is 31.8 Å². The van der Waals surface area contributed by atoms with Crippen LogP contribution >= 0.6 is 11.6 Å². The molecule has 0 fully saturated rings. The molecule has 0 heterocycles. The number of hydrazine groups is 1. The van der Waals surface area contributed by atoms with Gasteiger partial charge in [0.15, 0.2) is 0 Å². The number of rotatable bonds is 5. The van der Waals surface area contributed by atoms with Crippen LogP contribution in [-0.2, 0) is 6.61 Å². The van der Waals surface area contributed by atoms with Crippen LogP contribution in [0.15, 0.2) is 66.7 Å². The van der Waals surface area contributed by atoms with Gasteiger partial charge in [-0.05, 0) is 72.6 Å². The smallest absolute Gasteiger partial charge is 0.269 e. The first-order chi connectivity index (χ1) is 13.9. The summed E-state index contributed by atoms with van der Waals surface area (Å²) in [6.45, 7) is 2.24. The minimum Gasteiger partial charge on any atom is -0.489 e. The molecule has 3 aromatic rings. The van der Waals surface area contributed by atoms with Gasteiger partial charge < -0.3 is 4.74 Å². The number of amides is 2. The summed E-state index contributed by atoms with van der Waals surface area (Å²) >= 11 is 6.00. The fourth-order valence-electron chi connectivity index (χ4n) is 2.49. The molecule has 0 aromatic heterocycles. The van der Waals surface area contributed by atoms with Crippen LogP contribution in [0, 0.1) is 12.7 Å². The van der Waals surface area contributed by atoms with Gasteiger partial charge in [0, 0.05) is 16.1 Å². The lowest BCUT2D eigenvalue weighted by molar-refractivity contribution is 0.0846. The molecule has 2 amide bonds. The topological polar surface area (TPSA) is 67.4 Å². The normalized spacial score (nSPS) is 10.3. The lowest BCUT2D eigenvalue weighted by atomic mass is 10.1. The van der Waals surface area contributed by atoms with Gasteiger partial charge in [-0.3, -0.25) is 20.4 Å². The number of ether oxygens (including phenoxy) is 1. The van der Waals surface area contributed by atoms with Gasteiger partial charge in [0.25, 0.3) is 11.8 Å². The van der Waals surface area contributed by atoms with Crippen LogP contribution in [0.2, 0.25) is 5.02 Å². The summed E-state index contributed by atoms with van der Waals surface area (Å²) in [5.74, 6) is -0.749. The Morgan fingerprint density at radius 2 is 1.45 bits per heavy atom. The van der Waals surface area contributed by atoms with Crippen LogP contribution in [-0.4, -0.2) is 11.8 Å². The average Bonchev–Trinajstić information content (AvgIpc) is 2.73. The molecular weight excluding hydrogens is 395 g/mol. The monoisotopic (exact) mass is 412 g/mol. The highest BCUT2D eigenvalue weighted by Gasteiger charge is 2.09. The van der Waals surface area contributed by atoms with E-state index < -0.39 is 17.6 Å². The van der Waals surface area contributed by atoms with Crippen molar-refractivity contribution in [2.45, 2.75) is 13.5 Å². The summed E-state index contributed by atoms with van der Waals surface area (Å²) in [6.07, 6.45) is 0. The van der Waals surface area contributed by atoms with Gasteiger partial charge >= 0.3 is 0 Å². The number of carbonyl (C=O) groups is 2. The van der Waals surface area contributed by atoms with Crippen molar-refractivity contribution < 1.29 is 18.7 Å². The van der Waals surface area contributed by atoms with Crippen molar-refractivity contribution in [3.8, 4) is 5.75 Å². The highest BCUT2D eigenvalue weighted by Crippen LogP contribution is 2.21. The van der Waals surface area contributed by atoms with Gasteiger partial charge in [-0.2, -0.15) is 0 Å². The Bertz CT molecular complexity index is 1020. The van der Waals surface area contributed by atoms with Crippen molar-refractivity contribution in [2.75, 3.05) is 0 Å². The van der Waals surface area contributed by atoms with E-state index in [0.717, 1.165) is 11.1 Å². The third kappa shape index (κ3) is 5.56. The predicted molar refractivity (Wildman–Crippen MR) is 108 cm³/mol. The lowest BCUT2D eigenvalue weighted by Crippen LogP contribution is -2.41. The molecule has 0 spiro atoms. The van der Waals surface area contributed by atoms with E-state index in [9.17, 15) is 14.0 Å². The second-order valence-corrected chi connectivity index (χ2v) is 6.72. The molecule has 3 aromatic carbocycles. The minimum atomic E-state index is -0.540. The Labute approximate surface area is 172 Å². The molecule has 0 aliphatic rings. The molecule has 148 valence electrons. The Kier molecular flexibility index (Phi) is 6.46. The second-order valence-electron chi connectivity index (χ2n) is 6.31. The molecule has 5 nitrogen and oxygen atoms in total. The van der Waals surface area contributed by atoms with Gasteiger partial charge in [0.1, 0.15) is 18.2 Å². The Balaban J connectivity index is 1.52. The first kappa shape index (κ1) is 20.4. The third-order valence-electron chi connectivity index (χ3n) is 4.15. The minimum absolute atomic E-state index is 0.233. The fraction of sp³-hybridized carbons (Fsp3) is 0.0909. The van der Waals surface area contributed by atoms with E-state index in [2.05, 4.69) is 10.9 Å². The number of aryl methyl sites for hydroxylation is 1. The second kappa shape index (κ2) is 9.21. The zero-order valence-electron chi connectivity index (χ0n) is 15.5. The standard InChI is InChI=1S/C22H18ClFN2O3/c1-14-12-19(10-11-20(14)23)29-13-15-2-4-16(5-3-15)21(27)25-26-22(28)17-6-8-18(24)9-7-17/h2-12H,13H2,1H3,(H,25,27)(H,26,28). The third-order valence-corrected chi connectivity index (χ3v) is 4.57. The van der Waals surface area contributed by atoms with Crippen molar-refractivity contribution in [3.63, 3.8) is 0 Å².